The predicted octanol–water partition coefficient (Wildman–Crippen LogP) is 2.87. The minimum Gasteiger partial charge on any atom is -0.489 e. The Morgan fingerprint density at radius 3 is 3.00 bits per heavy atom. The summed E-state index contributed by atoms with van der Waals surface area (Å²) in [6.07, 6.45) is 1.14. The Morgan fingerprint density at radius 1 is 1.04 bits per heavy atom. The Labute approximate surface area is 136 Å². The second kappa shape index (κ2) is 5.08. The van der Waals surface area contributed by atoms with Crippen molar-refractivity contribution in [1.82, 2.24) is 0 Å². The Bertz CT molecular complexity index is 758. The van der Waals surface area contributed by atoms with Crippen molar-refractivity contribution in [2.24, 2.45) is 0 Å². The highest BCUT2D eigenvalue weighted by Crippen LogP contribution is 2.43. The lowest BCUT2D eigenvalue weighted by Crippen LogP contribution is -2.44. The fourth-order valence-corrected chi connectivity index (χ4v) is 4.08. The number of hydrogen-bond acceptors (Lipinski definition) is 4. The summed E-state index contributed by atoms with van der Waals surface area (Å²) >= 11 is 0. The molecule has 1 N–H and O–H groups in total. The van der Waals surface area contributed by atoms with Gasteiger partial charge in [0.1, 0.15) is 18.0 Å². The molecule has 4 nitrogen and oxygen atoms in total. The highest BCUT2D eigenvalue weighted by atomic mass is 16.5. The van der Waals surface area contributed by atoms with Gasteiger partial charge in [0, 0.05) is 31.9 Å². The van der Waals surface area contributed by atoms with Crippen LogP contribution in [-0.4, -0.2) is 32.8 Å². The number of nitrogens with zero attached hydrogens (tertiary/aromatic N) is 2. The number of rotatable bonds is 2. The lowest BCUT2D eigenvalue weighted by atomic mass is 10.1. The van der Waals surface area contributed by atoms with Gasteiger partial charge in [0.05, 0.1) is 12.2 Å². The van der Waals surface area contributed by atoms with Crippen LogP contribution in [0.3, 0.4) is 0 Å². The maximum Gasteiger partial charge on any atom is 0.144 e. The number of nitrogens with one attached hydrogen (secondary N) is 1. The number of ether oxygens (including phenoxy) is 1. The predicted molar refractivity (Wildman–Crippen MR) is 93.8 cm³/mol. The number of hydrogen-bond donors (Lipinski definition) is 1. The summed E-state index contributed by atoms with van der Waals surface area (Å²) in [6, 6.07) is 13.1. The molecule has 3 aliphatic heterocycles. The molecule has 0 amide bonds. The maximum atomic E-state index is 5.86. The molecule has 2 aromatic rings. The van der Waals surface area contributed by atoms with Crippen LogP contribution in [0.2, 0.25) is 0 Å². The molecule has 3 heterocycles. The summed E-state index contributed by atoms with van der Waals surface area (Å²) in [6.45, 7) is 5.97. The van der Waals surface area contributed by atoms with E-state index in [2.05, 4.69) is 51.5 Å². The number of para-hydroxylation sites is 2. The van der Waals surface area contributed by atoms with E-state index >= 15 is 0 Å². The van der Waals surface area contributed by atoms with E-state index in [4.69, 9.17) is 4.74 Å². The van der Waals surface area contributed by atoms with Gasteiger partial charge in [-0.2, -0.15) is 0 Å². The summed E-state index contributed by atoms with van der Waals surface area (Å²) < 4.78 is 5.86. The van der Waals surface area contributed by atoms with Crippen molar-refractivity contribution in [3.05, 3.63) is 47.5 Å². The molecule has 0 atom stereocenters. The molecule has 0 saturated heterocycles. The molecular weight excluding hydrogens is 286 g/mol. The van der Waals surface area contributed by atoms with Crippen LogP contribution >= 0.6 is 0 Å². The summed E-state index contributed by atoms with van der Waals surface area (Å²) in [4.78, 5) is 4.97. The Kier molecular flexibility index (Phi) is 2.90. The molecule has 0 saturated carbocycles. The third-order valence-corrected chi connectivity index (χ3v) is 5.19. The van der Waals surface area contributed by atoms with E-state index in [0.717, 1.165) is 51.5 Å². The first-order valence-corrected chi connectivity index (χ1v) is 8.50. The van der Waals surface area contributed by atoms with E-state index in [0.29, 0.717) is 0 Å². The van der Waals surface area contributed by atoms with Gasteiger partial charge in [-0.15, -0.1) is 0 Å². The molecule has 118 valence electrons. The van der Waals surface area contributed by atoms with Gasteiger partial charge in [-0.1, -0.05) is 24.3 Å². The molecule has 0 bridgehead atoms. The highest BCUT2D eigenvalue weighted by molar-refractivity contribution is 5.80. The molecule has 0 aliphatic carbocycles. The van der Waals surface area contributed by atoms with Gasteiger partial charge in [0.25, 0.3) is 0 Å². The largest absolute Gasteiger partial charge is 0.489 e. The third-order valence-electron chi connectivity index (χ3n) is 5.19. The van der Waals surface area contributed by atoms with Gasteiger partial charge in [-0.3, -0.25) is 0 Å². The van der Waals surface area contributed by atoms with Crippen molar-refractivity contribution in [3.63, 3.8) is 0 Å². The maximum absolute atomic E-state index is 5.86. The van der Waals surface area contributed by atoms with Gasteiger partial charge in [-0.25, -0.2) is 0 Å². The van der Waals surface area contributed by atoms with Crippen molar-refractivity contribution in [2.45, 2.75) is 13.0 Å². The Morgan fingerprint density at radius 2 is 2.00 bits per heavy atom. The fourth-order valence-electron chi connectivity index (χ4n) is 4.08. The SMILES string of the molecule is c1cc2c(c(CN3CCN4CCOc5cccc3c54)c1)NCC2. The first-order chi connectivity index (χ1) is 11.4. The van der Waals surface area contributed by atoms with E-state index in [1.165, 1.54) is 28.2 Å². The van der Waals surface area contributed by atoms with E-state index < -0.39 is 0 Å². The van der Waals surface area contributed by atoms with Gasteiger partial charge in [0.15, 0.2) is 0 Å². The van der Waals surface area contributed by atoms with Crippen LogP contribution in [-0.2, 0) is 13.0 Å². The van der Waals surface area contributed by atoms with Crippen LogP contribution in [0.1, 0.15) is 11.1 Å². The van der Waals surface area contributed by atoms with Crippen LogP contribution < -0.4 is 19.9 Å². The molecule has 4 heteroatoms. The zero-order valence-corrected chi connectivity index (χ0v) is 13.2. The zero-order valence-electron chi connectivity index (χ0n) is 13.2. The van der Waals surface area contributed by atoms with E-state index in [1.54, 1.807) is 0 Å². The van der Waals surface area contributed by atoms with Crippen molar-refractivity contribution < 1.29 is 4.74 Å². The van der Waals surface area contributed by atoms with Crippen LogP contribution in [0.5, 0.6) is 5.75 Å². The first-order valence-electron chi connectivity index (χ1n) is 8.50. The van der Waals surface area contributed by atoms with Crippen molar-refractivity contribution in [2.75, 3.05) is 47.9 Å². The summed E-state index contributed by atoms with van der Waals surface area (Å²) in [7, 11) is 0. The second-order valence-corrected chi connectivity index (χ2v) is 6.51. The summed E-state index contributed by atoms with van der Waals surface area (Å²) in [5.74, 6) is 1.04. The highest BCUT2D eigenvalue weighted by Gasteiger charge is 2.29. The molecule has 23 heavy (non-hydrogen) atoms. The molecule has 0 unspecified atom stereocenters. The van der Waals surface area contributed by atoms with Crippen LogP contribution in [0.4, 0.5) is 17.1 Å². The smallest absolute Gasteiger partial charge is 0.144 e. The van der Waals surface area contributed by atoms with Crippen molar-refractivity contribution >= 4 is 17.1 Å². The minimum atomic E-state index is 0.798. The monoisotopic (exact) mass is 307 g/mol. The average molecular weight is 307 g/mol. The van der Waals surface area contributed by atoms with E-state index in [-0.39, 0.29) is 0 Å². The normalized spacial score (nSPS) is 18.1. The molecular formula is C19H21N3O. The van der Waals surface area contributed by atoms with Gasteiger partial charge >= 0.3 is 0 Å². The lowest BCUT2D eigenvalue weighted by molar-refractivity contribution is 0.306. The molecule has 0 spiro atoms. The number of anilines is 3. The Hall–Kier alpha value is -2.36. The van der Waals surface area contributed by atoms with Crippen molar-refractivity contribution in [1.29, 1.82) is 0 Å². The van der Waals surface area contributed by atoms with E-state index in [9.17, 15) is 0 Å². The average Bonchev–Trinajstić information content (AvgIpc) is 3.07. The Balaban J connectivity index is 1.52. The quantitative estimate of drug-likeness (QED) is 0.923. The third kappa shape index (κ3) is 2.05. The molecule has 3 aliphatic rings. The molecule has 5 rings (SSSR count). The van der Waals surface area contributed by atoms with Gasteiger partial charge in [-0.05, 0) is 29.7 Å². The van der Waals surface area contributed by atoms with Gasteiger partial charge in [0.2, 0.25) is 0 Å². The van der Waals surface area contributed by atoms with E-state index in [1.807, 2.05) is 0 Å². The lowest BCUT2D eigenvalue weighted by Gasteiger charge is -2.42. The molecule has 0 radical (unpaired) electrons. The fraction of sp³-hybridized carbons (Fsp3) is 0.368. The topological polar surface area (TPSA) is 27.7 Å². The standard InChI is InChI=1S/C19H21N3O/c1-3-14-7-8-20-18(14)15(4-1)13-22-10-9-21-11-12-23-17-6-2-5-16(22)19(17)21/h1-6,20H,7-13H2. The number of fused-ring (bicyclic) bond motifs is 1. The van der Waals surface area contributed by atoms with Crippen LogP contribution in [0.25, 0.3) is 0 Å². The second-order valence-electron chi connectivity index (χ2n) is 6.51. The molecule has 0 aromatic heterocycles. The summed E-state index contributed by atoms with van der Waals surface area (Å²) in [5.41, 5.74) is 6.81. The van der Waals surface area contributed by atoms with Crippen LogP contribution in [0, 0.1) is 0 Å². The summed E-state index contributed by atoms with van der Waals surface area (Å²) in [5, 5.41) is 3.56. The van der Waals surface area contributed by atoms with Crippen molar-refractivity contribution in [3.8, 4) is 5.75 Å². The molecule has 0 fully saturated rings. The zero-order chi connectivity index (χ0) is 15.2. The minimum absolute atomic E-state index is 0.798. The molecule has 2 aromatic carbocycles. The number of benzene rings is 2. The van der Waals surface area contributed by atoms with Gasteiger partial charge < -0.3 is 19.9 Å². The van der Waals surface area contributed by atoms with Crippen LogP contribution in [0.15, 0.2) is 36.4 Å². The first kappa shape index (κ1) is 13.1.